The lowest BCUT2D eigenvalue weighted by molar-refractivity contribution is -0.121. The Morgan fingerprint density at radius 2 is 1.94 bits per heavy atom. The average Bonchev–Trinajstić information content (AvgIpc) is 3.91. The maximum atomic E-state index is 14.3. The predicted octanol–water partition coefficient (Wildman–Crippen LogP) is 5.00. The number of aromatic nitrogens is 2. The summed E-state index contributed by atoms with van der Waals surface area (Å²) < 4.78 is 38.7. The number of carbonyl (C=O) groups is 3. The molecule has 3 atom stereocenters. The van der Waals surface area contributed by atoms with E-state index in [4.69, 9.17) is 44.2 Å². The Hall–Kier alpha value is -5.50. The van der Waals surface area contributed by atoms with E-state index < -0.39 is 40.7 Å². The summed E-state index contributed by atoms with van der Waals surface area (Å²) in [6.07, 6.45) is 1.25. The summed E-state index contributed by atoms with van der Waals surface area (Å²) in [6, 6.07) is 9.82. The number of hydrogen-bond donors (Lipinski definition) is 2. The zero-order valence-corrected chi connectivity index (χ0v) is 27.3. The van der Waals surface area contributed by atoms with Gasteiger partial charge in [0.05, 0.1) is 20.5 Å². The van der Waals surface area contributed by atoms with Crippen LogP contribution in [0.5, 0.6) is 28.7 Å². The largest absolute Gasteiger partial charge is 0.507 e. The topological polar surface area (TPSA) is 182 Å². The lowest BCUT2D eigenvalue weighted by atomic mass is 9.69. The van der Waals surface area contributed by atoms with Crippen molar-refractivity contribution in [2.45, 2.75) is 37.7 Å². The van der Waals surface area contributed by atoms with E-state index in [2.05, 4.69) is 15.5 Å². The first-order valence-corrected chi connectivity index (χ1v) is 15.7. The number of carbonyl (C=O) groups excluding carboxylic acids is 3. The molecule has 4 heterocycles. The molecule has 15 heteroatoms. The van der Waals surface area contributed by atoms with Gasteiger partial charge < -0.3 is 43.0 Å². The number of methoxy groups -OCH3 is 2. The van der Waals surface area contributed by atoms with Gasteiger partial charge in [0, 0.05) is 49.3 Å². The van der Waals surface area contributed by atoms with Crippen LogP contribution < -0.4 is 29.0 Å². The quantitative estimate of drug-likeness (QED) is 0.227. The van der Waals surface area contributed by atoms with Gasteiger partial charge in [-0.15, -0.1) is 0 Å². The highest BCUT2D eigenvalue weighted by molar-refractivity contribution is 6.35. The van der Waals surface area contributed by atoms with E-state index in [1.165, 1.54) is 26.5 Å². The second-order valence-corrected chi connectivity index (χ2v) is 12.1. The van der Waals surface area contributed by atoms with Crippen molar-refractivity contribution in [1.82, 2.24) is 15.5 Å². The van der Waals surface area contributed by atoms with Crippen LogP contribution in [0, 0.1) is 5.92 Å². The zero-order valence-electron chi connectivity index (χ0n) is 26.5. The molecule has 2 aliphatic heterocycles. The Kier molecular flexibility index (Phi) is 8.19. The van der Waals surface area contributed by atoms with Crippen LogP contribution in [0.4, 0.5) is 0 Å². The molecule has 14 nitrogen and oxygen atoms in total. The first-order valence-electron chi connectivity index (χ1n) is 15.3. The molecule has 0 bridgehead atoms. The first-order chi connectivity index (χ1) is 23.7. The molecule has 49 heavy (non-hydrogen) atoms. The van der Waals surface area contributed by atoms with Gasteiger partial charge in [-0.25, -0.2) is 0 Å². The smallest absolute Gasteiger partial charge is 0.238 e. The Labute approximate surface area is 283 Å². The highest BCUT2D eigenvalue weighted by Crippen LogP contribution is 2.56. The number of benzene rings is 2. The number of hydrogen-bond acceptors (Lipinski definition) is 13. The molecule has 1 spiro atoms. The summed E-state index contributed by atoms with van der Waals surface area (Å²) in [6.45, 7) is 1.76. The molecule has 0 fully saturated rings. The molecular weight excluding hydrogens is 662 g/mol. The van der Waals surface area contributed by atoms with Gasteiger partial charge in [0.15, 0.2) is 34.6 Å². The van der Waals surface area contributed by atoms with Crippen LogP contribution >= 0.6 is 11.6 Å². The van der Waals surface area contributed by atoms with Crippen LogP contribution in [-0.4, -0.2) is 65.9 Å². The number of rotatable bonds is 10. The lowest BCUT2D eigenvalue weighted by Gasteiger charge is -2.38. The Morgan fingerprint density at radius 3 is 2.69 bits per heavy atom. The molecule has 3 unspecified atom stereocenters. The van der Waals surface area contributed by atoms with Gasteiger partial charge in [-0.1, -0.05) is 29.7 Å². The molecule has 2 aromatic heterocycles. The monoisotopic (exact) mass is 691 g/mol. The van der Waals surface area contributed by atoms with Crippen molar-refractivity contribution in [2.75, 3.05) is 27.6 Å². The zero-order chi connectivity index (χ0) is 34.4. The lowest BCUT2D eigenvalue weighted by Crippen LogP contribution is -2.53. The van der Waals surface area contributed by atoms with Gasteiger partial charge in [-0.05, 0) is 29.8 Å². The van der Waals surface area contributed by atoms with Crippen molar-refractivity contribution in [3.05, 3.63) is 76.0 Å². The number of amides is 1. The fourth-order valence-electron chi connectivity index (χ4n) is 6.48. The van der Waals surface area contributed by atoms with E-state index >= 15 is 0 Å². The summed E-state index contributed by atoms with van der Waals surface area (Å²) >= 11 is 6.59. The van der Waals surface area contributed by atoms with E-state index in [9.17, 15) is 19.5 Å². The first kappa shape index (κ1) is 32.1. The van der Waals surface area contributed by atoms with E-state index in [0.29, 0.717) is 22.8 Å². The Morgan fingerprint density at radius 1 is 1.14 bits per heavy atom. The molecule has 254 valence electrons. The fraction of sp³-hybridized carbons (Fsp3) is 0.324. The number of aliphatic hydroxyl groups excluding tert-OH is 1. The second kappa shape index (κ2) is 12.5. The molecule has 0 radical (unpaired) electrons. The number of Topliss-reactive ketones (excluding diaryl/α,β-unsaturated/α-hetero) is 2. The molecule has 3 aliphatic rings. The van der Waals surface area contributed by atoms with Crippen LogP contribution in [0.15, 0.2) is 62.9 Å². The van der Waals surface area contributed by atoms with Crippen molar-refractivity contribution in [3.63, 3.8) is 0 Å². The molecule has 0 saturated carbocycles. The van der Waals surface area contributed by atoms with Gasteiger partial charge in [-0.3, -0.25) is 14.4 Å². The number of aliphatic hydroxyl groups is 1. The third kappa shape index (κ3) is 5.32. The minimum atomic E-state index is -2.02. The number of nitrogens with one attached hydrogen (secondary N) is 1. The molecule has 2 aromatic carbocycles. The molecular formula is C34H30ClN3O11. The second-order valence-electron chi connectivity index (χ2n) is 11.7. The maximum absolute atomic E-state index is 14.3. The number of furan rings is 1. The fourth-order valence-corrected chi connectivity index (χ4v) is 6.75. The van der Waals surface area contributed by atoms with E-state index in [1.807, 2.05) is 0 Å². The molecule has 1 amide bonds. The van der Waals surface area contributed by atoms with Crippen molar-refractivity contribution < 1.29 is 52.1 Å². The standard InChI is InChI=1S/C34H30ClN3O11/c1-16-11-19(39)27(31(41)34(16)32(42)28-23(43-2)14-24(44-3)29(35)30(28)48-34)18(17-6-7-20-22(12-17)47-15-46-20)13-25(40)36-9-8-26-37-33(38-49-26)21-5-4-10-45-21/h4-7,10,12,14,16,18,41H,8-9,11,13,15H2,1-3H3,(H,36,40). The van der Waals surface area contributed by atoms with Crippen molar-refractivity contribution in [2.24, 2.45) is 5.92 Å². The Balaban J connectivity index is 1.22. The van der Waals surface area contributed by atoms with E-state index in [-0.39, 0.29) is 77.7 Å². The summed E-state index contributed by atoms with van der Waals surface area (Å²) in [7, 11) is 2.78. The van der Waals surface area contributed by atoms with Crippen LogP contribution in [0.2, 0.25) is 5.02 Å². The minimum absolute atomic E-state index is 0.00139. The third-order valence-electron chi connectivity index (χ3n) is 8.92. The number of fused-ring (bicyclic) bond motifs is 2. The SMILES string of the molecule is COc1cc(OC)c2c(c1Cl)OC1(C2=O)C(O)=C(C(CC(=O)NCCc2nc(-c3ccco3)no2)c2ccc3c(c2)OCO3)C(=O)CC1C. The number of ketones is 2. The summed E-state index contributed by atoms with van der Waals surface area (Å²) in [5.41, 5.74) is -1.69. The summed E-state index contributed by atoms with van der Waals surface area (Å²) in [5, 5.41) is 18.8. The number of ether oxygens (including phenoxy) is 5. The third-order valence-corrected chi connectivity index (χ3v) is 9.28. The number of halogens is 1. The molecule has 2 N–H and O–H groups in total. The highest BCUT2D eigenvalue weighted by Gasteiger charge is 2.61. The summed E-state index contributed by atoms with van der Waals surface area (Å²) in [4.78, 5) is 46.0. The maximum Gasteiger partial charge on any atom is 0.238 e. The van der Waals surface area contributed by atoms with Gasteiger partial charge in [0.2, 0.25) is 35.8 Å². The van der Waals surface area contributed by atoms with E-state index in [0.717, 1.165) is 0 Å². The van der Waals surface area contributed by atoms with Crippen molar-refractivity contribution >= 4 is 29.1 Å². The van der Waals surface area contributed by atoms with Crippen LogP contribution in [0.1, 0.15) is 47.5 Å². The van der Waals surface area contributed by atoms with Gasteiger partial charge in [0.25, 0.3) is 0 Å². The van der Waals surface area contributed by atoms with Crippen molar-refractivity contribution in [3.8, 4) is 40.3 Å². The van der Waals surface area contributed by atoms with Crippen LogP contribution in [-0.2, 0) is 16.0 Å². The van der Waals surface area contributed by atoms with Gasteiger partial charge in [0.1, 0.15) is 22.1 Å². The Bertz CT molecular complexity index is 2000. The normalized spacial score (nSPS) is 20.0. The van der Waals surface area contributed by atoms with Crippen LogP contribution in [0.3, 0.4) is 0 Å². The van der Waals surface area contributed by atoms with Crippen molar-refractivity contribution in [1.29, 1.82) is 0 Å². The van der Waals surface area contributed by atoms with Crippen LogP contribution in [0.25, 0.3) is 11.6 Å². The van der Waals surface area contributed by atoms with Gasteiger partial charge in [-0.2, -0.15) is 4.98 Å². The van der Waals surface area contributed by atoms with E-state index in [1.54, 1.807) is 37.3 Å². The molecule has 7 rings (SSSR count). The number of nitrogens with zero attached hydrogens (tertiary/aromatic N) is 2. The molecule has 1 aliphatic carbocycles. The average molecular weight is 692 g/mol. The molecule has 4 aromatic rings. The summed E-state index contributed by atoms with van der Waals surface area (Å²) in [5.74, 6) is -1.83. The molecule has 0 saturated heterocycles. The number of allylic oxidation sites excluding steroid dienone is 1. The van der Waals surface area contributed by atoms with Gasteiger partial charge >= 0.3 is 0 Å². The minimum Gasteiger partial charge on any atom is -0.507 e. The predicted molar refractivity (Wildman–Crippen MR) is 169 cm³/mol. The highest BCUT2D eigenvalue weighted by atomic mass is 35.5.